The summed E-state index contributed by atoms with van der Waals surface area (Å²) in [7, 11) is 0. The van der Waals surface area contributed by atoms with E-state index in [1.165, 1.54) is 196 Å². The molecule has 0 fully saturated rings. The van der Waals surface area contributed by atoms with E-state index in [-0.39, 0.29) is 10.8 Å². The average Bonchev–Trinajstić information content (AvgIpc) is 1.52. The molecule has 2 aliphatic carbocycles. The first-order chi connectivity index (χ1) is 54.1. The lowest BCUT2D eigenvalue weighted by Crippen LogP contribution is -2.16. The molecule has 2 heteroatoms. The highest BCUT2D eigenvalue weighted by molar-refractivity contribution is 7.25. The number of rotatable bonds is 7. The van der Waals surface area contributed by atoms with Crippen molar-refractivity contribution in [2.24, 2.45) is 0 Å². The van der Waals surface area contributed by atoms with Crippen LogP contribution in [-0.2, 0) is 10.8 Å². The summed E-state index contributed by atoms with van der Waals surface area (Å²) in [6, 6.07) is 135. The molecule has 0 amide bonds. The van der Waals surface area contributed by atoms with Crippen molar-refractivity contribution >= 4 is 118 Å². The Morgan fingerprint density at radius 2 is 0.545 bits per heavy atom. The average molecular weight is 1420 g/mol. The highest BCUT2D eigenvalue weighted by Gasteiger charge is 2.40. The van der Waals surface area contributed by atoms with Crippen LogP contribution in [0.1, 0.15) is 49.9 Å². The Labute approximate surface area is 642 Å². The van der Waals surface area contributed by atoms with Crippen LogP contribution in [0, 0.1) is 0 Å². The molecule has 0 spiro atoms. The van der Waals surface area contributed by atoms with Crippen LogP contribution < -0.4 is 0 Å². The van der Waals surface area contributed by atoms with E-state index >= 15 is 0 Å². The molecule has 0 saturated heterocycles. The van der Waals surface area contributed by atoms with Crippen molar-refractivity contribution < 1.29 is 4.42 Å². The van der Waals surface area contributed by atoms with Crippen LogP contribution in [0.2, 0.25) is 0 Å². The molecular formula is C108H72OS. The zero-order chi connectivity index (χ0) is 73.1. The largest absolute Gasteiger partial charge is 0.455 e. The van der Waals surface area contributed by atoms with Gasteiger partial charge >= 0.3 is 0 Å². The molecule has 516 valence electrons. The van der Waals surface area contributed by atoms with Gasteiger partial charge in [0.15, 0.2) is 0 Å². The number of para-hydroxylation sites is 2. The zero-order valence-electron chi connectivity index (χ0n) is 61.5. The topological polar surface area (TPSA) is 13.1 Å². The molecule has 19 aromatic carbocycles. The van der Waals surface area contributed by atoms with Gasteiger partial charge in [0.2, 0.25) is 0 Å². The Bertz CT molecular complexity index is 7330. The van der Waals surface area contributed by atoms with Crippen LogP contribution in [-0.4, -0.2) is 0 Å². The third-order valence-corrected chi connectivity index (χ3v) is 25.6. The highest BCUT2D eigenvalue weighted by atomic mass is 32.1. The number of hydrogen-bond donors (Lipinski definition) is 0. The first-order valence-corrected chi connectivity index (χ1v) is 39.2. The van der Waals surface area contributed by atoms with Gasteiger partial charge in [-0.15, -0.1) is 11.3 Å². The lowest BCUT2D eigenvalue weighted by atomic mass is 9.78. The normalized spacial score (nSPS) is 13.2. The SMILES string of the molecule is CC1(C)c2cc3ccccc3cc2-c2cccc(-c3ccc(-c4c5ccccc5c(-c5ccc(-c6cccc7c6oc6ccccc67)cc5)c5ccccc45)cc3)c21.CC1(C)c2cc3ccccc3cc2-c2cccc(-c3cccc(-c4c5ccccc5c(-c5ccc6sc7ccccc7c6c5)c5ccccc45)c3)c21. The minimum Gasteiger partial charge on any atom is -0.455 e. The second-order valence-electron chi connectivity index (χ2n) is 31.2. The highest BCUT2D eigenvalue weighted by Crippen LogP contribution is 2.57. The predicted octanol–water partition coefficient (Wildman–Crippen LogP) is 30.8. The molecule has 110 heavy (non-hydrogen) atoms. The molecule has 2 aromatic heterocycles. The van der Waals surface area contributed by atoms with Crippen LogP contribution in [0.3, 0.4) is 0 Å². The fraction of sp³-hybridized carbons (Fsp3) is 0.0556. The van der Waals surface area contributed by atoms with E-state index in [0.717, 1.165) is 33.1 Å². The van der Waals surface area contributed by atoms with Gasteiger partial charge < -0.3 is 4.42 Å². The van der Waals surface area contributed by atoms with E-state index < -0.39 is 0 Å². The fourth-order valence-electron chi connectivity index (χ4n) is 19.4. The summed E-state index contributed by atoms with van der Waals surface area (Å²) >= 11 is 1.88. The van der Waals surface area contributed by atoms with Crippen molar-refractivity contribution in [3.63, 3.8) is 0 Å². The van der Waals surface area contributed by atoms with Crippen LogP contribution in [0.4, 0.5) is 0 Å². The van der Waals surface area contributed by atoms with Crippen LogP contribution in [0.15, 0.2) is 368 Å². The van der Waals surface area contributed by atoms with Gasteiger partial charge in [0, 0.05) is 47.3 Å². The van der Waals surface area contributed by atoms with Gasteiger partial charge in [-0.1, -0.05) is 337 Å². The van der Waals surface area contributed by atoms with Crippen LogP contribution in [0.5, 0.6) is 0 Å². The lowest BCUT2D eigenvalue weighted by molar-refractivity contribution is 0.663. The van der Waals surface area contributed by atoms with E-state index in [9.17, 15) is 0 Å². The number of thiophene rings is 1. The molecule has 23 rings (SSSR count). The summed E-state index contributed by atoms with van der Waals surface area (Å²) in [5, 5.41) is 20.3. The fourth-order valence-corrected chi connectivity index (χ4v) is 20.5. The lowest BCUT2D eigenvalue weighted by Gasteiger charge is -2.25. The molecule has 1 nitrogen and oxygen atoms in total. The standard InChI is InChI=1S/C57H38O.C51H34S/c1-57(2)51-34-40-14-4-3-13-39(40)33-50(51)48-22-11-20-41(55(48)57)35-25-29-37(30-26-35)53-44-16-5-7-18-46(44)54(47-19-8-6-17-45(47)53)38-31-27-36(28-32-38)42-21-12-23-49-43-15-9-10-24-52(43)58-56(42)49;1-51(2)45-30-32-14-4-3-13-31(32)28-43(45)42-23-12-22-36(50(42)51)33-15-11-16-34(27-33)48-38-18-5-7-20-40(38)49(41-21-8-6-19-39(41)48)35-25-26-47-44(29-35)37-17-9-10-24-46(37)52-47/h3-34H,1-2H3;3-30H,1-2H3. The molecule has 0 unspecified atom stereocenters. The van der Waals surface area contributed by atoms with E-state index in [2.05, 4.69) is 380 Å². The van der Waals surface area contributed by atoms with Crippen molar-refractivity contribution in [2.45, 2.75) is 38.5 Å². The van der Waals surface area contributed by atoms with Gasteiger partial charge in [0.05, 0.1) is 0 Å². The second-order valence-corrected chi connectivity index (χ2v) is 32.3. The van der Waals surface area contributed by atoms with Gasteiger partial charge in [-0.2, -0.15) is 0 Å². The zero-order valence-corrected chi connectivity index (χ0v) is 62.3. The van der Waals surface area contributed by atoms with Gasteiger partial charge in [-0.05, 0) is 236 Å². The van der Waals surface area contributed by atoms with E-state index in [1.54, 1.807) is 0 Å². The quantitative estimate of drug-likeness (QED) is 0.145. The van der Waals surface area contributed by atoms with Gasteiger partial charge in [0.1, 0.15) is 11.2 Å². The Hall–Kier alpha value is -13.2. The van der Waals surface area contributed by atoms with Crippen molar-refractivity contribution in [2.75, 3.05) is 0 Å². The van der Waals surface area contributed by atoms with E-state index in [0.29, 0.717) is 0 Å². The van der Waals surface area contributed by atoms with E-state index in [4.69, 9.17) is 4.42 Å². The first-order valence-electron chi connectivity index (χ1n) is 38.4. The Balaban J connectivity index is 0.000000136. The number of fused-ring (bicyclic) bond motifs is 18. The molecule has 0 saturated carbocycles. The smallest absolute Gasteiger partial charge is 0.143 e. The molecular weight excluding hydrogens is 1350 g/mol. The van der Waals surface area contributed by atoms with Gasteiger partial charge in [-0.25, -0.2) is 0 Å². The Morgan fingerprint density at radius 3 is 1.05 bits per heavy atom. The van der Waals surface area contributed by atoms with Crippen LogP contribution in [0.25, 0.3) is 207 Å². The first kappa shape index (κ1) is 64.0. The molecule has 21 aromatic rings. The van der Waals surface area contributed by atoms with Gasteiger partial charge in [-0.3, -0.25) is 0 Å². The summed E-state index contributed by atoms with van der Waals surface area (Å²) in [4.78, 5) is 0. The number of hydrogen-bond acceptors (Lipinski definition) is 2. The predicted molar refractivity (Wildman–Crippen MR) is 471 cm³/mol. The van der Waals surface area contributed by atoms with Crippen molar-refractivity contribution in [1.29, 1.82) is 0 Å². The summed E-state index contributed by atoms with van der Waals surface area (Å²) in [6.07, 6.45) is 0. The Kier molecular flexibility index (Phi) is 14.3. The molecule has 0 aliphatic heterocycles. The maximum absolute atomic E-state index is 6.41. The van der Waals surface area contributed by atoms with E-state index in [1.807, 2.05) is 23.5 Å². The molecule has 0 atom stereocenters. The number of benzene rings is 19. The maximum atomic E-state index is 6.41. The minimum atomic E-state index is -0.128. The van der Waals surface area contributed by atoms with Gasteiger partial charge in [0.25, 0.3) is 0 Å². The third-order valence-electron chi connectivity index (χ3n) is 24.4. The monoisotopic (exact) mass is 1420 g/mol. The summed E-state index contributed by atoms with van der Waals surface area (Å²) < 4.78 is 9.08. The summed E-state index contributed by atoms with van der Waals surface area (Å²) in [6.45, 7) is 9.57. The molecule has 0 radical (unpaired) electrons. The summed E-state index contributed by atoms with van der Waals surface area (Å²) in [5.41, 5.74) is 30.1. The van der Waals surface area contributed by atoms with Crippen molar-refractivity contribution in [1.82, 2.24) is 0 Å². The Morgan fingerprint density at radius 1 is 0.209 bits per heavy atom. The third kappa shape index (κ3) is 9.79. The molecule has 2 heterocycles. The molecule has 0 bridgehead atoms. The summed E-state index contributed by atoms with van der Waals surface area (Å²) in [5.74, 6) is 0. The number of furan rings is 1. The second kappa shape index (κ2) is 24.7. The molecule has 2 aliphatic rings. The van der Waals surface area contributed by atoms with Crippen LogP contribution >= 0.6 is 11.3 Å². The van der Waals surface area contributed by atoms with Crippen molar-refractivity contribution in [3.8, 4) is 100 Å². The van der Waals surface area contributed by atoms with Crippen molar-refractivity contribution in [3.05, 3.63) is 386 Å². The maximum Gasteiger partial charge on any atom is 0.143 e. The molecule has 0 N–H and O–H groups in total. The minimum absolute atomic E-state index is 0.120.